The molecule has 0 spiro atoms. The molecule has 0 aromatic carbocycles. The highest BCUT2D eigenvalue weighted by molar-refractivity contribution is 5.97. The summed E-state index contributed by atoms with van der Waals surface area (Å²) < 4.78 is 2.07. The smallest absolute Gasteiger partial charge is 0.255 e. The lowest BCUT2D eigenvalue weighted by Gasteiger charge is -2.33. The van der Waals surface area contributed by atoms with Crippen LogP contribution in [0.3, 0.4) is 0 Å². The zero-order valence-corrected chi connectivity index (χ0v) is 14.8. The molecule has 0 radical (unpaired) electrons. The lowest BCUT2D eigenvalue weighted by Crippen LogP contribution is -2.41. The number of carbonyl (C=O) groups is 1. The molecule has 1 N–H and O–H groups in total. The number of aromatic amines is 1. The van der Waals surface area contributed by atoms with Crippen LogP contribution in [0.2, 0.25) is 0 Å². The van der Waals surface area contributed by atoms with E-state index in [0.717, 1.165) is 41.9 Å². The third-order valence-electron chi connectivity index (χ3n) is 4.92. The molecule has 0 aliphatic carbocycles. The number of rotatable bonds is 2. The molecule has 4 rings (SSSR count). The molecule has 1 saturated heterocycles. The number of likely N-dealkylation sites (tertiary alicyclic amines) is 1. The van der Waals surface area contributed by atoms with E-state index in [9.17, 15) is 4.79 Å². The predicted octanol–water partition coefficient (Wildman–Crippen LogP) is 2.56. The molecule has 1 aliphatic heterocycles. The van der Waals surface area contributed by atoms with Crippen molar-refractivity contribution in [3.63, 3.8) is 0 Å². The van der Waals surface area contributed by atoms with Crippen molar-refractivity contribution >= 4 is 16.9 Å². The van der Waals surface area contributed by atoms with Gasteiger partial charge in [0, 0.05) is 36.1 Å². The average Bonchev–Trinajstić information content (AvgIpc) is 3.16. The number of carbonyl (C=O) groups excluding carboxylic acids is 1. The third kappa shape index (κ3) is 2.79. The first-order valence-electron chi connectivity index (χ1n) is 8.65. The van der Waals surface area contributed by atoms with E-state index in [1.165, 1.54) is 0 Å². The number of hydrogen-bond acceptors (Lipinski definition) is 4. The number of nitrogens with one attached hydrogen (secondary N) is 1. The van der Waals surface area contributed by atoms with Gasteiger partial charge in [-0.3, -0.25) is 14.6 Å². The minimum Gasteiger partial charge on any atom is -0.336 e. The number of hydrogen-bond donors (Lipinski definition) is 1. The molecule has 4 heterocycles. The van der Waals surface area contributed by atoms with Gasteiger partial charge in [0.2, 0.25) is 0 Å². The summed E-state index contributed by atoms with van der Waals surface area (Å²) in [4.78, 5) is 19.2. The number of H-pyrrole nitrogens is 1. The van der Waals surface area contributed by atoms with Crippen molar-refractivity contribution in [2.75, 3.05) is 13.1 Å². The highest BCUT2D eigenvalue weighted by Crippen LogP contribution is 2.25. The molecule has 130 valence electrons. The maximum atomic E-state index is 13.0. The third-order valence-corrected chi connectivity index (χ3v) is 4.92. The Morgan fingerprint density at radius 2 is 2.12 bits per heavy atom. The van der Waals surface area contributed by atoms with Gasteiger partial charge in [0.1, 0.15) is 0 Å². The zero-order valence-electron chi connectivity index (χ0n) is 14.8. The lowest BCUT2D eigenvalue weighted by molar-refractivity contribution is 0.0671. The Kier molecular flexibility index (Phi) is 3.78. The summed E-state index contributed by atoms with van der Waals surface area (Å²) in [5, 5.41) is 12.5. The van der Waals surface area contributed by atoms with E-state index in [4.69, 9.17) is 0 Å². The van der Waals surface area contributed by atoms with E-state index in [2.05, 4.69) is 38.0 Å². The largest absolute Gasteiger partial charge is 0.336 e. The number of fused-ring (bicyclic) bond motifs is 1. The number of nitrogens with zero attached hydrogens (tertiary/aromatic N) is 5. The second-order valence-electron chi connectivity index (χ2n) is 6.86. The number of piperidine rings is 1. The number of amides is 1. The minimum atomic E-state index is 0.0289. The van der Waals surface area contributed by atoms with E-state index < -0.39 is 0 Å². The maximum absolute atomic E-state index is 13.0. The van der Waals surface area contributed by atoms with Crippen LogP contribution in [0.1, 0.15) is 46.3 Å². The van der Waals surface area contributed by atoms with E-state index in [0.29, 0.717) is 17.8 Å². The molecule has 25 heavy (non-hydrogen) atoms. The Morgan fingerprint density at radius 1 is 1.28 bits per heavy atom. The average molecular weight is 338 g/mol. The molecule has 0 saturated carbocycles. The van der Waals surface area contributed by atoms with E-state index >= 15 is 0 Å². The molecule has 1 atom stereocenters. The van der Waals surface area contributed by atoms with Crippen molar-refractivity contribution in [2.45, 2.75) is 39.7 Å². The van der Waals surface area contributed by atoms with Gasteiger partial charge in [0.05, 0.1) is 17.3 Å². The molecular weight excluding hydrogens is 316 g/mol. The van der Waals surface area contributed by atoms with Gasteiger partial charge < -0.3 is 4.90 Å². The molecule has 7 nitrogen and oxygen atoms in total. The standard InChI is InChI=1S/C18H22N6O/c1-11-7-12(2)24(22-11)15-5-4-6-23(10-15)18(25)14-8-16-13(3)20-21-17(16)19-9-14/h7-9,15H,4-6,10H2,1-3H3,(H,19,20,21). The Bertz CT molecular complexity index is 940. The van der Waals surface area contributed by atoms with Crippen molar-refractivity contribution in [1.82, 2.24) is 29.9 Å². The fraction of sp³-hybridized carbons (Fsp3) is 0.444. The van der Waals surface area contributed by atoms with Crippen molar-refractivity contribution in [3.8, 4) is 0 Å². The molecule has 0 bridgehead atoms. The van der Waals surface area contributed by atoms with Crippen LogP contribution in [-0.4, -0.2) is 48.9 Å². The topological polar surface area (TPSA) is 79.7 Å². The summed E-state index contributed by atoms with van der Waals surface area (Å²) in [5.74, 6) is 0.0289. The zero-order chi connectivity index (χ0) is 17.6. The van der Waals surface area contributed by atoms with Crippen molar-refractivity contribution in [2.24, 2.45) is 0 Å². The summed E-state index contributed by atoms with van der Waals surface area (Å²) >= 11 is 0. The van der Waals surface area contributed by atoms with Crippen molar-refractivity contribution < 1.29 is 4.79 Å². The monoisotopic (exact) mass is 338 g/mol. The van der Waals surface area contributed by atoms with Crippen LogP contribution in [0.15, 0.2) is 18.3 Å². The number of aromatic nitrogens is 5. The van der Waals surface area contributed by atoms with Crippen molar-refractivity contribution in [1.29, 1.82) is 0 Å². The second-order valence-corrected chi connectivity index (χ2v) is 6.86. The van der Waals surface area contributed by atoms with Crippen LogP contribution in [0.25, 0.3) is 11.0 Å². The van der Waals surface area contributed by atoms with Crippen LogP contribution < -0.4 is 0 Å². The summed E-state index contributed by atoms with van der Waals surface area (Å²) in [6, 6.07) is 4.20. The van der Waals surface area contributed by atoms with Crippen LogP contribution in [0, 0.1) is 20.8 Å². The van der Waals surface area contributed by atoms with Crippen LogP contribution in [-0.2, 0) is 0 Å². The van der Waals surface area contributed by atoms with Gasteiger partial charge >= 0.3 is 0 Å². The van der Waals surface area contributed by atoms with E-state index in [-0.39, 0.29) is 11.9 Å². The van der Waals surface area contributed by atoms with Crippen LogP contribution in [0.5, 0.6) is 0 Å². The van der Waals surface area contributed by atoms with Gasteiger partial charge in [-0.1, -0.05) is 0 Å². The van der Waals surface area contributed by atoms with E-state index in [1.807, 2.05) is 24.8 Å². The summed E-state index contributed by atoms with van der Waals surface area (Å²) in [6.07, 6.45) is 3.65. The van der Waals surface area contributed by atoms with Crippen LogP contribution >= 0.6 is 0 Å². The van der Waals surface area contributed by atoms with Gasteiger partial charge in [-0.15, -0.1) is 0 Å². The van der Waals surface area contributed by atoms with Gasteiger partial charge in [-0.2, -0.15) is 10.2 Å². The first-order valence-corrected chi connectivity index (χ1v) is 8.65. The first-order chi connectivity index (χ1) is 12.0. The Balaban J connectivity index is 1.58. The Labute approximate surface area is 146 Å². The highest BCUT2D eigenvalue weighted by atomic mass is 16.2. The van der Waals surface area contributed by atoms with Gasteiger partial charge in [-0.05, 0) is 45.7 Å². The maximum Gasteiger partial charge on any atom is 0.255 e. The minimum absolute atomic E-state index is 0.0289. The summed E-state index contributed by atoms with van der Waals surface area (Å²) in [5.41, 5.74) is 4.36. The van der Waals surface area contributed by atoms with Gasteiger partial charge in [0.15, 0.2) is 5.65 Å². The molecule has 3 aromatic rings. The fourth-order valence-electron chi connectivity index (χ4n) is 3.67. The highest BCUT2D eigenvalue weighted by Gasteiger charge is 2.27. The first kappa shape index (κ1) is 15.8. The van der Waals surface area contributed by atoms with Crippen molar-refractivity contribution in [3.05, 3.63) is 41.0 Å². The quantitative estimate of drug-likeness (QED) is 0.779. The summed E-state index contributed by atoms with van der Waals surface area (Å²) in [6.45, 7) is 7.47. The number of aryl methyl sites for hydroxylation is 3. The fourth-order valence-corrected chi connectivity index (χ4v) is 3.67. The van der Waals surface area contributed by atoms with Gasteiger partial charge in [-0.25, -0.2) is 4.98 Å². The molecule has 1 unspecified atom stereocenters. The molecule has 3 aromatic heterocycles. The SMILES string of the molecule is Cc1cc(C)n(C2CCCN(C(=O)c3cnc4n[nH]c(C)c4c3)C2)n1. The van der Waals surface area contributed by atoms with E-state index in [1.54, 1.807) is 6.20 Å². The molecule has 7 heteroatoms. The Morgan fingerprint density at radius 3 is 2.88 bits per heavy atom. The lowest BCUT2D eigenvalue weighted by atomic mass is 10.0. The normalized spacial score (nSPS) is 18.0. The Hall–Kier alpha value is -2.70. The second kappa shape index (κ2) is 5.98. The molecular formula is C18H22N6O. The number of pyridine rings is 1. The van der Waals surface area contributed by atoms with Crippen LogP contribution in [0.4, 0.5) is 0 Å². The molecule has 1 fully saturated rings. The van der Waals surface area contributed by atoms with Gasteiger partial charge in [0.25, 0.3) is 5.91 Å². The summed E-state index contributed by atoms with van der Waals surface area (Å²) in [7, 11) is 0. The molecule has 1 amide bonds. The predicted molar refractivity (Wildman–Crippen MR) is 94.5 cm³/mol. The molecule has 1 aliphatic rings.